The number of fused-ring (bicyclic) bond motifs is 1. The normalized spacial score (nSPS) is 13.6. The first-order valence-corrected chi connectivity index (χ1v) is 7.33. The van der Waals surface area contributed by atoms with Gasteiger partial charge in [0.05, 0.1) is 27.9 Å². The number of hydrogen-bond acceptors (Lipinski definition) is 10. The molecule has 1 aliphatic rings. The quantitative estimate of drug-likeness (QED) is 0.263. The topological polar surface area (TPSA) is 148 Å². The van der Waals surface area contributed by atoms with Crippen LogP contribution in [0.15, 0.2) is 6.07 Å². The Balaban J connectivity index is 0.000000522. The Morgan fingerprint density at radius 1 is 1.21 bits per heavy atom. The fraction of sp³-hybridized carbons (Fsp3) is 0.400. The smallest absolute Gasteiger partial charge is 0.378 e. The predicted molar refractivity (Wildman–Crippen MR) is 82.5 cm³/mol. The number of rotatable bonds is 2. The SMILES string of the molecule is O=[N+]([O-])[O-].O=[N+]([O-])c1cc2sc(N3CCOCC3)nc2nc1Cl.[K+]. The Morgan fingerprint density at radius 3 is 2.33 bits per heavy atom. The van der Waals surface area contributed by atoms with Gasteiger partial charge in [-0.3, -0.25) is 10.1 Å². The number of ether oxygens (including phenoxy) is 1. The van der Waals surface area contributed by atoms with Gasteiger partial charge in [0.25, 0.3) is 0 Å². The van der Waals surface area contributed by atoms with Gasteiger partial charge in [0, 0.05) is 19.2 Å². The average molecular weight is 402 g/mol. The molecule has 0 N–H and O–H groups in total. The number of halogens is 1. The maximum atomic E-state index is 10.8. The zero-order valence-corrected chi connectivity index (χ0v) is 17.1. The first-order valence-electron chi connectivity index (χ1n) is 6.14. The van der Waals surface area contributed by atoms with Crippen molar-refractivity contribution in [3.63, 3.8) is 0 Å². The predicted octanol–water partition coefficient (Wildman–Crippen LogP) is -1.15. The third-order valence-corrected chi connectivity index (χ3v) is 4.12. The summed E-state index contributed by atoms with van der Waals surface area (Å²) >= 11 is 7.15. The number of aromatic nitrogens is 2. The fourth-order valence-electron chi connectivity index (χ4n) is 1.84. The molecule has 0 spiro atoms. The molecule has 0 bridgehead atoms. The zero-order valence-electron chi connectivity index (χ0n) is 12.4. The first kappa shape index (κ1) is 21.4. The molecule has 3 heterocycles. The summed E-state index contributed by atoms with van der Waals surface area (Å²) in [6.07, 6.45) is 0. The summed E-state index contributed by atoms with van der Waals surface area (Å²) in [7, 11) is 0. The Labute approximate surface area is 186 Å². The van der Waals surface area contributed by atoms with Crippen LogP contribution in [0.2, 0.25) is 5.15 Å². The number of hydrogen-bond donors (Lipinski definition) is 0. The maximum Gasteiger partial charge on any atom is 1.00 e. The van der Waals surface area contributed by atoms with Crippen molar-refractivity contribution in [1.29, 1.82) is 0 Å². The Bertz CT molecular complexity index is 736. The van der Waals surface area contributed by atoms with Crippen LogP contribution in [0, 0.1) is 25.4 Å². The molecule has 124 valence electrons. The van der Waals surface area contributed by atoms with Crippen molar-refractivity contribution in [3.8, 4) is 0 Å². The maximum absolute atomic E-state index is 10.8. The second kappa shape index (κ2) is 9.72. The van der Waals surface area contributed by atoms with Crippen molar-refractivity contribution in [3.05, 3.63) is 36.7 Å². The Kier molecular flexibility index (Phi) is 8.65. The molecule has 0 aliphatic carbocycles. The van der Waals surface area contributed by atoms with Gasteiger partial charge in [0.15, 0.2) is 10.8 Å². The van der Waals surface area contributed by atoms with Crippen molar-refractivity contribution in [1.82, 2.24) is 9.97 Å². The van der Waals surface area contributed by atoms with Gasteiger partial charge in [-0.05, 0) is 0 Å². The van der Waals surface area contributed by atoms with Gasteiger partial charge in [-0.15, -0.1) is 0 Å². The molecule has 3 rings (SSSR count). The molecular formula is C10H9ClKN5O6S. The molecular weight excluding hydrogens is 393 g/mol. The van der Waals surface area contributed by atoms with Crippen LogP contribution >= 0.6 is 22.9 Å². The van der Waals surface area contributed by atoms with E-state index in [0.29, 0.717) is 23.6 Å². The minimum Gasteiger partial charge on any atom is -0.378 e. The Hall–Kier alpha value is -0.674. The molecule has 0 aromatic carbocycles. The van der Waals surface area contributed by atoms with Gasteiger partial charge in [-0.2, -0.15) is 4.98 Å². The number of anilines is 1. The monoisotopic (exact) mass is 401 g/mol. The van der Waals surface area contributed by atoms with E-state index in [4.69, 9.17) is 31.7 Å². The molecule has 2 aromatic heterocycles. The van der Waals surface area contributed by atoms with E-state index in [-0.39, 0.29) is 62.2 Å². The van der Waals surface area contributed by atoms with Crippen molar-refractivity contribution in [2.24, 2.45) is 0 Å². The summed E-state index contributed by atoms with van der Waals surface area (Å²) < 4.78 is 5.94. The number of nitro groups is 1. The second-order valence-electron chi connectivity index (χ2n) is 4.20. The van der Waals surface area contributed by atoms with Gasteiger partial charge in [-0.25, -0.2) is 4.98 Å². The summed E-state index contributed by atoms with van der Waals surface area (Å²) in [5, 5.41) is 26.2. The average Bonchev–Trinajstić information content (AvgIpc) is 2.89. The van der Waals surface area contributed by atoms with Crippen molar-refractivity contribution in [2.75, 3.05) is 31.2 Å². The number of morpholine rings is 1. The van der Waals surface area contributed by atoms with Crippen LogP contribution in [-0.2, 0) is 4.74 Å². The first-order chi connectivity index (χ1) is 10.9. The van der Waals surface area contributed by atoms with Gasteiger partial charge >= 0.3 is 57.1 Å². The summed E-state index contributed by atoms with van der Waals surface area (Å²) in [6.45, 7) is 2.83. The van der Waals surface area contributed by atoms with Crippen LogP contribution in [0.5, 0.6) is 0 Å². The minimum absolute atomic E-state index is 0. The molecule has 14 heteroatoms. The summed E-state index contributed by atoms with van der Waals surface area (Å²) in [5.74, 6) is 0. The molecule has 11 nitrogen and oxygen atoms in total. The molecule has 24 heavy (non-hydrogen) atoms. The van der Waals surface area contributed by atoms with Crippen molar-refractivity contribution < 1.29 is 66.1 Å². The van der Waals surface area contributed by atoms with E-state index < -0.39 is 10.0 Å². The second-order valence-corrected chi connectivity index (χ2v) is 5.56. The minimum atomic E-state index is -1.75. The number of thiazole rings is 1. The largest absolute Gasteiger partial charge is 1.00 e. The van der Waals surface area contributed by atoms with E-state index in [1.165, 1.54) is 17.4 Å². The molecule has 1 aliphatic heterocycles. The fourth-order valence-corrected chi connectivity index (χ4v) is 3.04. The summed E-state index contributed by atoms with van der Waals surface area (Å²) in [4.78, 5) is 28.9. The molecule has 0 saturated carbocycles. The van der Waals surface area contributed by atoms with Crippen LogP contribution in [-0.4, -0.2) is 46.3 Å². The van der Waals surface area contributed by atoms with E-state index in [9.17, 15) is 10.1 Å². The number of nitrogens with zero attached hydrogens (tertiary/aromatic N) is 5. The Morgan fingerprint density at radius 2 is 1.79 bits per heavy atom. The van der Waals surface area contributed by atoms with Crippen LogP contribution in [0.25, 0.3) is 10.3 Å². The van der Waals surface area contributed by atoms with Crippen molar-refractivity contribution in [2.45, 2.75) is 0 Å². The molecule has 0 radical (unpaired) electrons. The summed E-state index contributed by atoms with van der Waals surface area (Å²) in [6, 6.07) is 1.42. The summed E-state index contributed by atoms with van der Waals surface area (Å²) in [5.41, 5.74) is 0.258. The van der Waals surface area contributed by atoms with E-state index in [2.05, 4.69) is 14.9 Å². The van der Waals surface area contributed by atoms with E-state index in [1.807, 2.05) is 0 Å². The third-order valence-electron chi connectivity index (χ3n) is 2.78. The van der Waals surface area contributed by atoms with Gasteiger partial charge in [0.1, 0.15) is 0 Å². The van der Waals surface area contributed by atoms with Gasteiger partial charge in [0.2, 0.25) is 5.15 Å². The molecule has 0 amide bonds. The third kappa shape index (κ3) is 5.70. The van der Waals surface area contributed by atoms with Crippen LogP contribution < -0.4 is 56.3 Å². The zero-order chi connectivity index (χ0) is 17.0. The van der Waals surface area contributed by atoms with Crippen LogP contribution in [0.1, 0.15) is 0 Å². The number of pyridine rings is 1. The van der Waals surface area contributed by atoms with Crippen LogP contribution in [0.4, 0.5) is 10.8 Å². The van der Waals surface area contributed by atoms with E-state index in [0.717, 1.165) is 18.2 Å². The molecule has 1 saturated heterocycles. The van der Waals surface area contributed by atoms with E-state index >= 15 is 0 Å². The molecule has 0 atom stereocenters. The van der Waals surface area contributed by atoms with E-state index in [1.54, 1.807) is 0 Å². The molecule has 0 unspecified atom stereocenters. The standard InChI is InChI=1S/C10H9ClN4O3S.K.NO3/c11-8-6(15(16)17)5-7-9(12-8)13-10(19-7)14-1-3-18-4-2-14;;2-1(3)4/h5H,1-4H2;;/q;+1;-1. The van der Waals surface area contributed by atoms with Gasteiger partial charge < -0.3 is 25.0 Å². The van der Waals surface area contributed by atoms with Gasteiger partial charge in [-0.1, -0.05) is 22.9 Å². The molecule has 2 aromatic rings. The molecule has 1 fully saturated rings. The van der Waals surface area contributed by atoms with Crippen molar-refractivity contribution >= 4 is 44.1 Å². The van der Waals surface area contributed by atoms with Crippen LogP contribution in [0.3, 0.4) is 0 Å².